The molecule has 0 saturated carbocycles. The van der Waals surface area contributed by atoms with Gasteiger partial charge in [-0.15, -0.1) is 0 Å². The zero-order valence-corrected chi connectivity index (χ0v) is 15.4. The summed E-state index contributed by atoms with van der Waals surface area (Å²) in [6.07, 6.45) is 2.58. The maximum atomic E-state index is 11.7. The van der Waals surface area contributed by atoms with Gasteiger partial charge in [-0.3, -0.25) is 4.90 Å². The van der Waals surface area contributed by atoms with E-state index in [0.717, 1.165) is 38.2 Å². The Kier molecular flexibility index (Phi) is 4.91. The van der Waals surface area contributed by atoms with Gasteiger partial charge in [-0.25, -0.2) is 0 Å². The monoisotopic (exact) mass is 376 g/mol. The standard InChI is InChI=1S/C20H20N6O2/c21-14-16-5-7-17(8-6-16)15-23-9-3-10-24(13-12-23)19-20(26(27)28)25-11-2-1-4-18(25)22-19/h1-2,4-8,11H,3,9-10,12-13,15H2. The number of fused-ring (bicyclic) bond motifs is 1. The molecule has 8 heteroatoms. The highest BCUT2D eigenvalue weighted by Crippen LogP contribution is 2.29. The van der Waals surface area contributed by atoms with Crippen LogP contribution in [0.25, 0.3) is 5.65 Å². The van der Waals surface area contributed by atoms with Crippen LogP contribution < -0.4 is 4.90 Å². The molecule has 1 aliphatic rings. The van der Waals surface area contributed by atoms with Crippen LogP contribution in [0.5, 0.6) is 0 Å². The molecule has 1 fully saturated rings. The second-order valence-electron chi connectivity index (χ2n) is 6.87. The van der Waals surface area contributed by atoms with E-state index < -0.39 is 0 Å². The third-order valence-corrected chi connectivity index (χ3v) is 5.04. The number of aromatic nitrogens is 2. The Labute approximate surface area is 162 Å². The Morgan fingerprint density at radius 3 is 2.68 bits per heavy atom. The van der Waals surface area contributed by atoms with E-state index in [1.54, 1.807) is 18.3 Å². The quantitative estimate of drug-likeness (QED) is 0.514. The van der Waals surface area contributed by atoms with Crippen LogP contribution in [0.3, 0.4) is 0 Å². The molecule has 28 heavy (non-hydrogen) atoms. The first kappa shape index (κ1) is 17.9. The molecule has 0 spiro atoms. The molecule has 3 heterocycles. The van der Waals surface area contributed by atoms with Crippen LogP contribution >= 0.6 is 0 Å². The summed E-state index contributed by atoms with van der Waals surface area (Å²) in [4.78, 5) is 20.2. The van der Waals surface area contributed by atoms with Crippen molar-refractivity contribution >= 4 is 17.3 Å². The molecule has 0 N–H and O–H groups in total. The van der Waals surface area contributed by atoms with Gasteiger partial charge in [0.2, 0.25) is 11.5 Å². The second kappa shape index (κ2) is 7.66. The van der Waals surface area contributed by atoms with Gasteiger partial charge in [0, 0.05) is 38.8 Å². The molecule has 0 aliphatic carbocycles. The molecule has 1 saturated heterocycles. The normalized spacial score (nSPS) is 15.3. The van der Waals surface area contributed by atoms with Gasteiger partial charge in [-0.1, -0.05) is 18.2 Å². The van der Waals surface area contributed by atoms with Crippen molar-refractivity contribution in [1.82, 2.24) is 14.3 Å². The molecule has 0 radical (unpaired) electrons. The number of nitriles is 1. The second-order valence-corrected chi connectivity index (χ2v) is 6.87. The van der Waals surface area contributed by atoms with Crippen molar-refractivity contribution in [3.8, 4) is 6.07 Å². The fourth-order valence-corrected chi connectivity index (χ4v) is 3.64. The van der Waals surface area contributed by atoms with Gasteiger partial charge in [0.25, 0.3) is 0 Å². The molecule has 0 bridgehead atoms. The van der Waals surface area contributed by atoms with Crippen LogP contribution in [-0.2, 0) is 6.54 Å². The van der Waals surface area contributed by atoms with Gasteiger partial charge in [-0.05, 0) is 35.1 Å². The van der Waals surface area contributed by atoms with Gasteiger partial charge < -0.3 is 15.0 Å². The minimum atomic E-state index is -0.352. The molecule has 3 aromatic rings. The Morgan fingerprint density at radius 2 is 1.93 bits per heavy atom. The van der Waals surface area contributed by atoms with Crippen LogP contribution in [0.4, 0.5) is 11.6 Å². The maximum absolute atomic E-state index is 11.7. The molecular formula is C20H20N6O2. The van der Waals surface area contributed by atoms with Gasteiger partial charge >= 0.3 is 5.82 Å². The lowest BCUT2D eigenvalue weighted by Crippen LogP contribution is -2.31. The highest BCUT2D eigenvalue weighted by Gasteiger charge is 2.28. The van der Waals surface area contributed by atoms with Gasteiger partial charge in [0.1, 0.15) is 0 Å². The number of imidazole rings is 1. The molecular weight excluding hydrogens is 356 g/mol. The van der Waals surface area contributed by atoms with Crippen LogP contribution in [-0.4, -0.2) is 45.4 Å². The summed E-state index contributed by atoms with van der Waals surface area (Å²) in [6, 6.07) is 15.1. The van der Waals surface area contributed by atoms with Crippen molar-refractivity contribution in [3.05, 3.63) is 69.9 Å². The van der Waals surface area contributed by atoms with Crippen molar-refractivity contribution in [2.45, 2.75) is 13.0 Å². The number of nitrogens with zero attached hydrogens (tertiary/aromatic N) is 6. The van der Waals surface area contributed by atoms with E-state index in [1.807, 2.05) is 35.2 Å². The van der Waals surface area contributed by atoms with E-state index >= 15 is 0 Å². The molecule has 4 rings (SSSR count). The summed E-state index contributed by atoms with van der Waals surface area (Å²) in [6.45, 7) is 3.92. The number of hydrogen-bond acceptors (Lipinski definition) is 6. The molecule has 1 aliphatic heterocycles. The average molecular weight is 376 g/mol. The number of hydrogen-bond donors (Lipinski definition) is 0. The lowest BCUT2D eigenvalue weighted by atomic mass is 10.1. The van der Waals surface area contributed by atoms with Gasteiger partial charge in [0.15, 0.2) is 0 Å². The highest BCUT2D eigenvalue weighted by molar-refractivity contribution is 5.63. The fourth-order valence-electron chi connectivity index (χ4n) is 3.64. The van der Waals surface area contributed by atoms with E-state index in [1.165, 1.54) is 4.40 Å². The molecule has 142 valence electrons. The predicted molar refractivity (Wildman–Crippen MR) is 105 cm³/mol. The summed E-state index contributed by atoms with van der Waals surface area (Å²) >= 11 is 0. The third-order valence-electron chi connectivity index (χ3n) is 5.04. The number of rotatable bonds is 4. The summed E-state index contributed by atoms with van der Waals surface area (Å²) in [5.41, 5.74) is 2.40. The first-order chi connectivity index (χ1) is 13.7. The molecule has 2 aromatic heterocycles. The highest BCUT2D eigenvalue weighted by atomic mass is 16.6. The van der Waals surface area contributed by atoms with Crippen molar-refractivity contribution in [3.63, 3.8) is 0 Å². The van der Waals surface area contributed by atoms with E-state index in [2.05, 4.69) is 16.0 Å². The number of pyridine rings is 1. The minimum Gasteiger partial charge on any atom is -0.358 e. The van der Waals surface area contributed by atoms with Gasteiger partial charge in [0.05, 0.1) is 17.8 Å². The van der Waals surface area contributed by atoms with E-state index in [9.17, 15) is 10.1 Å². The van der Waals surface area contributed by atoms with E-state index in [0.29, 0.717) is 23.6 Å². The van der Waals surface area contributed by atoms with Crippen LogP contribution in [0.15, 0.2) is 48.7 Å². The van der Waals surface area contributed by atoms with E-state index in [4.69, 9.17) is 5.26 Å². The molecule has 0 amide bonds. The fraction of sp³-hybridized carbons (Fsp3) is 0.300. The Hall–Kier alpha value is -3.44. The van der Waals surface area contributed by atoms with E-state index in [-0.39, 0.29) is 10.7 Å². The molecule has 8 nitrogen and oxygen atoms in total. The van der Waals surface area contributed by atoms with Crippen molar-refractivity contribution in [1.29, 1.82) is 5.26 Å². The van der Waals surface area contributed by atoms with Crippen molar-refractivity contribution in [2.24, 2.45) is 0 Å². The number of benzene rings is 1. The Bertz CT molecular complexity index is 1040. The molecule has 0 unspecified atom stereocenters. The lowest BCUT2D eigenvalue weighted by Gasteiger charge is -2.21. The molecule has 0 atom stereocenters. The summed E-state index contributed by atoms with van der Waals surface area (Å²) in [5.74, 6) is 0.465. The summed E-state index contributed by atoms with van der Waals surface area (Å²) in [5, 5.41) is 20.6. The maximum Gasteiger partial charge on any atom is 0.372 e. The van der Waals surface area contributed by atoms with Crippen molar-refractivity contribution < 1.29 is 4.92 Å². The van der Waals surface area contributed by atoms with Crippen molar-refractivity contribution in [2.75, 3.05) is 31.1 Å². The smallest absolute Gasteiger partial charge is 0.358 e. The largest absolute Gasteiger partial charge is 0.372 e. The third kappa shape index (κ3) is 3.52. The summed E-state index contributed by atoms with van der Waals surface area (Å²) < 4.78 is 1.54. The zero-order chi connectivity index (χ0) is 19.5. The number of nitro groups is 1. The summed E-state index contributed by atoms with van der Waals surface area (Å²) in [7, 11) is 0. The van der Waals surface area contributed by atoms with Crippen LogP contribution in [0.2, 0.25) is 0 Å². The Balaban J connectivity index is 1.51. The Morgan fingerprint density at radius 1 is 1.11 bits per heavy atom. The average Bonchev–Trinajstić information content (AvgIpc) is 2.95. The zero-order valence-electron chi connectivity index (χ0n) is 15.4. The van der Waals surface area contributed by atoms with Crippen LogP contribution in [0, 0.1) is 21.4 Å². The van der Waals surface area contributed by atoms with Crippen LogP contribution in [0.1, 0.15) is 17.5 Å². The first-order valence-electron chi connectivity index (χ1n) is 9.23. The predicted octanol–water partition coefficient (Wildman–Crippen LogP) is 2.83. The lowest BCUT2D eigenvalue weighted by molar-refractivity contribution is -0.389. The molecule has 1 aromatic carbocycles. The topological polar surface area (TPSA) is 90.7 Å². The SMILES string of the molecule is N#Cc1ccc(CN2CCCN(c3nc4ccccn4c3[N+](=O)[O-])CC2)cc1. The van der Waals surface area contributed by atoms with Gasteiger partial charge in [-0.2, -0.15) is 14.6 Å². The number of anilines is 1. The minimum absolute atomic E-state index is 0.0242. The first-order valence-corrected chi connectivity index (χ1v) is 9.23.